The van der Waals surface area contributed by atoms with Crippen molar-refractivity contribution in [3.05, 3.63) is 53.6 Å². The molecule has 0 amide bonds. The maximum absolute atomic E-state index is 12.5. The zero-order chi connectivity index (χ0) is 15.2. The zero-order valence-electron chi connectivity index (χ0n) is 12.3. The number of aryl methyl sites for hydroxylation is 1. The van der Waals surface area contributed by atoms with Gasteiger partial charge in [-0.3, -0.25) is 4.79 Å². The maximum atomic E-state index is 12.5. The largest absolute Gasteiger partial charge is 0.496 e. The lowest BCUT2D eigenvalue weighted by atomic mass is 10.0. The fourth-order valence-corrected chi connectivity index (χ4v) is 2.19. The SMILES string of the molecule is COc1cccc(OC)c1C(=O)CCc1ccc(N)cc1. The molecule has 21 heavy (non-hydrogen) atoms. The Balaban J connectivity index is 2.15. The van der Waals surface area contributed by atoms with Crippen molar-refractivity contribution in [1.82, 2.24) is 0 Å². The Morgan fingerprint density at radius 2 is 1.57 bits per heavy atom. The number of Topliss-reactive ketones (excluding diaryl/α,β-unsaturated/α-hetero) is 1. The van der Waals surface area contributed by atoms with Gasteiger partial charge in [0.25, 0.3) is 0 Å². The van der Waals surface area contributed by atoms with Gasteiger partial charge < -0.3 is 15.2 Å². The molecule has 0 aliphatic rings. The Bertz CT molecular complexity index is 598. The van der Waals surface area contributed by atoms with Crippen LogP contribution < -0.4 is 15.2 Å². The minimum absolute atomic E-state index is 0.00104. The quantitative estimate of drug-likeness (QED) is 0.654. The molecule has 0 spiro atoms. The molecule has 0 heterocycles. The van der Waals surface area contributed by atoms with Crippen molar-refractivity contribution in [3.8, 4) is 11.5 Å². The zero-order valence-corrected chi connectivity index (χ0v) is 12.3. The average Bonchev–Trinajstić information content (AvgIpc) is 2.53. The van der Waals surface area contributed by atoms with E-state index >= 15 is 0 Å². The van der Waals surface area contributed by atoms with Crippen molar-refractivity contribution in [1.29, 1.82) is 0 Å². The van der Waals surface area contributed by atoms with E-state index in [1.54, 1.807) is 32.4 Å². The summed E-state index contributed by atoms with van der Waals surface area (Å²) in [7, 11) is 3.09. The fraction of sp³-hybridized carbons (Fsp3) is 0.235. The number of benzene rings is 2. The predicted octanol–water partition coefficient (Wildman–Crippen LogP) is 3.10. The number of hydrogen-bond donors (Lipinski definition) is 1. The molecule has 2 rings (SSSR count). The first kappa shape index (κ1) is 14.9. The second-order valence-electron chi connectivity index (χ2n) is 4.70. The minimum Gasteiger partial charge on any atom is -0.496 e. The smallest absolute Gasteiger partial charge is 0.170 e. The van der Waals surface area contributed by atoms with Gasteiger partial charge in [0, 0.05) is 12.1 Å². The normalized spacial score (nSPS) is 10.2. The van der Waals surface area contributed by atoms with Gasteiger partial charge in [0.2, 0.25) is 0 Å². The molecule has 0 bridgehead atoms. The number of hydrogen-bond acceptors (Lipinski definition) is 4. The van der Waals surface area contributed by atoms with Gasteiger partial charge in [0.05, 0.1) is 14.2 Å². The van der Waals surface area contributed by atoms with Crippen LogP contribution in [0.2, 0.25) is 0 Å². The van der Waals surface area contributed by atoms with E-state index < -0.39 is 0 Å². The van der Waals surface area contributed by atoms with E-state index in [4.69, 9.17) is 15.2 Å². The van der Waals surface area contributed by atoms with Crippen LogP contribution in [0.25, 0.3) is 0 Å². The number of rotatable bonds is 6. The first-order chi connectivity index (χ1) is 10.2. The van der Waals surface area contributed by atoms with Gasteiger partial charge in [-0.25, -0.2) is 0 Å². The molecule has 0 radical (unpaired) electrons. The molecule has 0 unspecified atom stereocenters. The van der Waals surface area contributed by atoms with Crippen LogP contribution in [0.5, 0.6) is 11.5 Å². The van der Waals surface area contributed by atoms with Crippen LogP contribution in [0, 0.1) is 0 Å². The summed E-state index contributed by atoms with van der Waals surface area (Å²) in [5.74, 6) is 1.08. The standard InChI is InChI=1S/C17H19NO3/c1-20-15-4-3-5-16(21-2)17(15)14(19)11-8-12-6-9-13(18)10-7-12/h3-7,9-10H,8,11,18H2,1-2H3. The highest BCUT2D eigenvalue weighted by atomic mass is 16.5. The van der Waals surface area contributed by atoms with Crippen LogP contribution in [-0.2, 0) is 6.42 Å². The average molecular weight is 285 g/mol. The Morgan fingerprint density at radius 1 is 1.00 bits per heavy atom. The molecule has 0 aliphatic carbocycles. The van der Waals surface area contributed by atoms with Crippen LogP contribution in [0.4, 0.5) is 5.69 Å². The van der Waals surface area contributed by atoms with E-state index in [-0.39, 0.29) is 5.78 Å². The second-order valence-corrected chi connectivity index (χ2v) is 4.70. The Hall–Kier alpha value is -2.49. The Kier molecular flexibility index (Phi) is 4.82. The van der Waals surface area contributed by atoms with E-state index in [0.29, 0.717) is 29.9 Å². The van der Waals surface area contributed by atoms with E-state index in [1.165, 1.54) is 0 Å². The summed E-state index contributed by atoms with van der Waals surface area (Å²) in [6.07, 6.45) is 1.04. The summed E-state index contributed by atoms with van der Waals surface area (Å²) in [6.45, 7) is 0. The number of methoxy groups -OCH3 is 2. The van der Waals surface area contributed by atoms with Crippen LogP contribution in [-0.4, -0.2) is 20.0 Å². The lowest BCUT2D eigenvalue weighted by molar-refractivity contribution is 0.0976. The Labute approximate surface area is 124 Å². The lowest BCUT2D eigenvalue weighted by Gasteiger charge is -2.12. The van der Waals surface area contributed by atoms with E-state index in [9.17, 15) is 4.79 Å². The van der Waals surface area contributed by atoms with Crippen molar-refractivity contribution >= 4 is 11.5 Å². The number of nitrogen functional groups attached to an aromatic ring is 1. The highest BCUT2D eigenvalue weighted by Crippen LogP contribution is 2.29. The number of ether oxygens (including phenoxy) is 2. The maximum Gasteiger partial charge on any atom is 0.170 e. The summed E-state index contributed by atoms with van der Waals surface area (Å²) < 4.78 is 10.5. The topological polar surface area (TPSA) is 61.5 Å². The molecule has 0 aliphatic heterocycles. The molecule has 4 heteroatoms. The molecule has 2 aromatic rings. The number of nitrogens with two attached hydrogens (primary N) is 1. The fourth-order valence-electron chi connectivity index (χ4n) is 2.19. The van der Waals surface area contributed by atoms with E-state index in [0.717, 1.165) is 11.3 Å². The van der Waals surface area contributed by atoms with Crippen LogP contribution in [0.3, 0.4) is 0 Å². The third-order valence-corrected chi connectivity index (χ3v) is 3.33. The summed E-state index contributed by atoms with van der Waals surface area (Å²) in [4.78, 5) is 12.5. The van der Waals surface area contributed by atoms with Crippen LogP contribution in [0.1, 0.15) is 22.3 Å². The first-order valence-corrected chi connectivity index (χ1v) is 6.74. The monoisotopic (exact) mass is 285 g/mol. The summed E-state index contributed by atoms with van der Waals surface area (Å²) >= 11 is 0. The highest BCUT2D eigenvalue weighted by Gasteiger charge is 2.17. The summed E-state index contributed by atoms with van der Waals surface area (Å²) in [6, 6.07) is 12.9. The molecule has 0 atom stereocenters. The van der Waals surface area contributed by atoms with Gasteiger partial charge in [-0.05, 0) is 36.2 Å². The van der Waals surface area contributed by atoms with Gasteiger partial charge in [-0.1, -0.05) is 18.2 Å². The molecule has 0 saturated heterocycles. The molecule has 2 N–H and O–H groups in total. The van der Waals surface area contributed by atoms with E-state index in [2.05, 4.69) is 0 Å². The lowest BCUT2D eigenvalue weighted by Crippen LogP contribution is -2.06. The third kappa shape index (κ3) is 3.54. The van der Waals surface area contributed by atoms with Gasteiger partial charge in [-0.15, -0.1) is 0 Å². The van der Waals surface area contributed by atoms with Crippen molar-refractivity contribution in [3.63, 3.8) is 0 Å². The van der Waals surface area contributed by atoms with Crippen LogP contribution in [0.15, 0.2) is 42.5 Å². The predicted molar refractivity (Wildman–Crippen MR) is 83.1 cm³/mol. The first-order valence-electron chi connectivity index (χ1n) is 6.74. The summed E-state index contributed by atoms with van der Waals surface area (Å²) in [5.41, 5.74) is 7.94. The molecule has 110 valence electrons. The molecule has 0 aromatic heterocycles. The number of ketones is 1. The molecule has 2 aromatic carbocycles. The second kappa shape index (κ2) is 6.79. The molecular formula is C17H19NO3. The van der Waals surface area contributed by atoms with Gasteiger partial charge >= 0.3 is 0 Å². The molecule has 0 fully saturated rings. The minimum atomic E-state index is 0.00104. The van der Waals surface area contributed by atoms with Crippen molar-refractivity contribution in [2.75, 3.05) is 20.0 Å². The molecular weight excluding hydrogens is 266 g/mol. The molecule has 4 nitrogen and oxygen atoms in total. The van der Waals surface area contributed by atoms with Gasteiger partial charge in [0.1, 0.15) is 17.1 Å². The highest BCUT2D eigenvalue weighted by molar-refractivity contribution is 6.01. The van der Waals surface area contributed by atoms with Crippen molar-refractivity contribution < 1.29 is 14.3 Å². The molecule has 0 saturated carbocycles. The van der Waals surface area contributed by atoms with E-state index in [1.807, 2.05) is 24.3 Å². The van der Waals surface area contributed by atoms with Gasteiger partial charge in [-0.2, -0.15) is 0 Å². The number of carbonyl (C=O) groups excluding carboxylic acids is 1. The van der Waals surface area contributed by atoms with Crippen molar-refractivity contribution in [2.24, 2.45) is 0 Å². The number of anilines is 1. The Morgan fingerprint density at radius 3 is 2.10 bits per heavy atom. The van der Waals surface area contributed by atoms with Gasteiger partial charge in [0.15, 0.2) is 5.78 Å². The number of carbonyl (C=O) groups is 1. The van der Waals surface area contributed by atoms with Crippen molar-refractivity contribution in [2.45, 2.75) is 12.8 Å². The van der Waals surface area contributed by atoms with Crippen LogP contribution >= 0.6 is 0 Å². The summed E-state index contributed by atoms with van der Waals surface area (Å²) in [5, 5.41) is 0. The third-order valence-electron chi connectivity index (χ3n) is 3.33.